The Bertz CT molecular complexity index is 1280. The Morgan fingerprint density at radius 3 is 2.33 bits per heavy atom. The number of pyridine rings is 1. The van der Waals surface area contributed by atoms with E-state index in [1.165, 1.54) is 24.1 Å². The number of alkyl halides is 3. The molecule has 5 rings (SSSR count). The zero-order valence-corrected chi connectivity index (χ0v) is 17.6. The number of carbonyl (C=O) groups is 2. The molecule has 0 N–H and O–H groups in total. The van der Waals surface area contributed by atoms with E-state index in [0.717, 1.165) is 17.0 Å². The third-order valence-electron chi connectivity index (χ3n) is 6.12. The first-order valence-corrected chi connectivity index (χ1v) is 10.1. The molecule has 3 aromatic rings. The summed E-state index contributed by atoms with van der Waals surface area (Å²) in [7, 11) is 1.54. The lowest BCUT2D eigenvalue weighted by molar-refractivity contribution is -0.274. The number of methoxy groups -OCH3 is 1. The Labute approximate surface area is 186 Å². The third kappa shape index (κ3) is 3.24. The van der Waals surface area contributed by atoms with Gasteiger partial charge in [0, 0.05) is 17.6 Å². The fourth-order valence-electron chi connectivity index (χ4n) is 4.44. The van der Waals surface area contributed by atoms with Gasteiger partial charge in [-0.25, -0.2) is 9.69 Å². The molecule has 33 heavy (non-hydrogen) atoms. The van der Waals surface area contributed by atoms with Gasteiger partial charge in [-0.3, -0.25) is 14.7 Å². The van der Waals surface area contributed by atoms with Gasteiger partial charge in [0.1, 0.15) is 17.0 Å². The van der Waals surface area contributed by atoms with Gasteiger partial charge in [-0.1, -0.05) is 6.92 Å². The number of rotatable bonds is 4. The highest BCUT2D eigenvalue weighted by Crippen LogP contribution is 2.56. The quantitative estimate of drug-likeness (QED) is 0.522. The number of fused-ring (bicyclic) bond motifs is 1. The van der Waals surface area contributed by atoms with Crippen molar-refractivity contribution in [1.29, 1.82) is 0 Å². The second kappa shape index (κ2) is 7.09. The van der Waals surface area contributed by atoms with Crippen LogP contribution in [0.4, 0.5) is 29.3 Å². The number of urea groups is 1. The van der Waals surface area contributed by atoms with E-state index in [1.54, 1.807) is 30.5 Å². The van der Waals surface area contributed by atoms with Crippen LogP contribution in [0.2, 0.25) is 0 Å². The molecule has 10 heteroatoms. The summed E-state index contributed by atoms with van der Waals surface area (Å²) >= 11 is 0. The lowest BCUT2D eigenvalue weighted by Crippen LogP contribution is -2.39. The van der Waals surface area contributed by atoms with Crippen molar-refractivity contribution in [3.05, 3.63) is 54.7 Å². The number of aromatic nitrogens is 1. The molecule has 0 bridgehead atoms. The molecule has 1 spiro atoms. The van der Waals surface area contributed by atoms with Crippen molar-refractivity contribution in [2.75, 3.05) is 16.9 Å². The van der Waals surface area contributed by atoms with Gasteiger partial charge in [0.2, 0.25) is 0 Å². The average Bonchev–Trinajstić information content (AvgIpc) is 3.39. The number of imide groups is 1. The number of carbonyl (C=O) groups excluding carboxylic acids is 2. The summed E-state index contributed by atoms with van der Waals surface area (Å²) in [4.78, 5) is 33.9. The fourth-order valence-corrected chi connectivity index (χ4v) is 4.44. The van der Waals surface area contributed by atoms with Crippen LogP contribution in [0.3, 0.4) is 0 Å². The molecule has 2 heterocycles. The zero-order valence-electron chi connectivity index (χ0n) is 17.6. The second-order valence-corrected chi connectivity index (χ2v) is 8.04. The topological polar surface area (TPSA) is 72.0 Å². The second-order valence-electron chi connectivity index (χ2n) is 8.04. The highest BCUT2D eigenvalue weighted by molar-refractivity contribution is 6.32. The fraction of sp³-hybridized carbons (Fsp3) is 0.261. The van der Waals surface area contributed by atoms with E-state index in [2.05, 4.69) is 9.72 Å². The minimum Gasteiger partial charge on any atom is -0.497 e. The molecule has 2 fully saturated rings. The smallest absolute Gasteiger partial charge is 0.497 e. The van der Waals surface area contributed by atoms with Crippen LogP contribution >= 0.6 is 0 Å². The van der Waals surface area contributed by atoms with Crippen LogP contribution in [0, 0.1) is 5.92 Å². The van der Waals surface area contributed by atoms with Crippen LogP contribution in [0.5, 0.6) is 11.5 Å². The Hall–Kier alpha value is -3.82. The molecule has 2 aromatic carbocycles. The molecule has 1 aliphatic heterocycles. The predicted octanol–water partition coefficient (Wildman–Crippen LogP) is 4.89. The Morgan fingerprint density at radius 2 is 1.73 bits per heavy atom. The summed E-state index contributed by atoms with van der Waals surface area (Å²) in [6.07, 6.45) is -2.80. The number of hydrogen-bond donors (Lipinski definition) is 0. The largest absolute Gasteiger partial charge is 0.573 e. The van der Waals surface area contributed by atoms with Crippen molar-refractivity contribution in [3.63, 3.8) is 0 Å². The van der Waals surface area contributed by atoms with E-state index < -0.39 is 29.6 Å². The first-order valence-electron chi connectivity index (χ1n) is 10.1. The Kier molecular flexibility index (Phi) is 4.52. The molecule has 1 saturated heterocycles. The van der Waals surface area contributed by atoms with E-state index in [1.807, 2.05) is 6.92 Å². The van der Waals surface area contributed by atoms with Crippen LogP contribution < -0.4 is 19.3 Å². The van der Waals surface area contributed by atoms with Gasteiger partial charge in [-0.05, 0) is 54.8 Å². The maximum atomic E-state index is 13.6. The molecule has 170 valence electrons. The van der Waals surface area contributed by atoms with E-state index in [4.69, 9.17) is 4.74 Å². The first kappa shape index (κ1) is 21.0. The van der Waals surface area contributed by atoms with Crippen LogP contribution in [0.15, 0.2) is 54.7 Å². The minimum atomic E-state index is -4.84. The number of hydrogen-bond acceptors (Lipinski definition) is 5. The maximum absolute atomic E-state index is 13.6. The van der Waals surface area contributed by atoms with Gasteiger partial charge in [0.05, 0.1) is 24.0 Å². The molecular formula is C23H18F3N3O4. The predicted molar refractivity (Wildman–Crippen MR) is 113 cm³/mol. The van der Waals surface area contributed by atoms with E-state index in [-0.39, 0.29) is 11.6 Å². The highest BCUT2D eigenvalue weighted by atomic mass is 19.4. The van der Waals surface area contributed by atoms with Crippen LogP contribution in [-0.2, 0) is 4.79 Å². The van der Waals surface area contributed by atoms with Gasteiger partial charge in [-0.2, -0.15) is 0 Å². The Morgan fingerprint density at radius 1 is 1.06 bits per heavy atom. The van der Waals surface area contributed by atoms with Gasteiger partial charge in [0.25, 0.3) is 5.91 Å². The number of benzene rings is 2. The summed E-state index contributed by atoms with van der Waals surface area (Å²) < 4.78 is 46.6. The van der Waals surface area contributed by atoms with Gasteiger partial charge in [-0.15, -0.1) is 13.2 Å². The van der Waals surface area contributed by atoms with E-state index in [0.29, 0.717) is 28.8 Å². The van der Waals surface area contributed by atoms with Gasteiger partial charge in [0.15, 0.2) is 0 Å². The molecule has 2 unspecified atom stereocenters. The molecule has 1 aromatic heterocycles. The number of anilines is 2. The third-order valence-corrected chi connectivity index (χ3v) is 6.12. The monoisotopic (exact) mass is 457 g/mol. The molecule has 7 nitrogen and oxygen atoms in total. The molecule has 0 radical (unpaired) electrons. The van der Waals surface area contributed by atoms with Crippen molar-refractivity contribution in [3.8, 4) is 11.5 Å². The summed E-state index contributed by atoms with van der Waals surface area (Å²) in [5.41, 5.74) is 0.250. The van der Waals surface area contributed by atoms with Crippen molar-refractivity contribution in [2.24, 2.45) is 5.92 Å². The zero-order chi connectivity index (χ0) is 23.5. The maximum Gasteiger partial charge on any atom is 0.573 e. The van der Waals surface area contributed by atoms with Gasteiger partial charge >= 0.3 is 12.4 Å². The SMILES string of the molecule is COc1ccc2c(N3C(=O)N(c4ccc(OC(F)(F)F)cc4)C(=O)C34CC4C)ccnc2c1. The lowest BCUT2D eigenvalue weighted by Gasteiger charge is -2.23. The highest BCUT2D eigenvalue weighted by Gasteiger charge is 2.70. The number of nitrogens with zero attached hydrogens (tertiary/aromatic N) is 3. The van der Waals surface area contributed by atoms with Crippen molar-refractivity contribution in [2.45, 2.75) is 25.2 Å². The van der Waals surface area contributed by atoms with Crippen molar-refractivity contribution >= 4 is 34.2 Å². The molecule has 2 aliphatic rings. The average molecular weight is 457 g/mol. The normalized spacial score (nSPS) is 22.4. The summed E-state index contributed by atoms with van der Waals surface area (Å²) in [5, 5.41) is 0.675. The number of ether oxygens (including phenoxy) is 2. The van der Waals surface area contributed by atoms with Crippen molar-refractivity contribution < 1.29 is 32.2 Å². The minimum absolute atomic E-state index is 0.0896. The summed E-state index contributed by atoms with van der Waals surface area (Å²) in [6, 6.07) is 11.0. The van der Waals surface area contributed by atoms with Gasteiger partial charge < -0.3 is 9.47 Å². The number of amides is 3. The number of halogens is 3. The molecule has 2 atom stereocenters. The summed E-state index contributed by atoms with van der Waals surface area (Å²) in [6.45, 7) is 1.88. The standard InChI is InChI=1S/C23H18F3N3O4/c1-13-12-22(13)20(30)28(14-3-5-15(6-4-14)33-23(24,25)26)21(31)29(22)19-9-10-27-18-11-16(32-2)7-8-17(18)19/h3-11,13H,12H2,1-2H3. The molecule has 1 aliphatic carbocycles. The molecular weight excluding hydrogens is 439 g/mol. The van der Waals surface area contributed by atoms with Crippen molar-refractivity contribution in [1.82, 2.24) is 4.98 Å². The molecule has 1 saturated carbocycles. The molecule has 3 amide bonds. The first-order chi connectivity index (χ1) is 15.7. The van der Waals surface area contributed by atoms with Crippen LogP contribution in [0.1, 0.15) is 13.3 Å². The Balaban J connectivity index is 1.56. The lowest BCUT2D eigenvalue weighted by atomic mass is 10.1. The van der Waals surface area contributed by atoms with E-state index >= 15 is 0 Å². The van der Waals surface area contributed by atoms with Crippen LogP contribution in [-0.4, -0.2) is 35.9 Å². The summed E-state index contributed by atoms with van der Waals surface area (Å²) in [5.74, 6) is -0.338. The van der Waals surface area contributed by atoms with E-state index in [9.17, 15) is 22.8 Å². The van der Waals surface area contributed by atoms with Crippen LogP contribution in [0.25, 0.3) is 10.9 Å².